The highest BCUT2D eigenvalue weighted by atomic mass is 19.4. The molecular weight excluding hydrogens is 603 g/mol. The maximum atomic E-state index is 14.0. The standard InChI is InChI=1S/C31H34F3N9O3/c1-18-6-7-20(11-24(18)39-28-10-19(2)40-43(28)27-15-26(35-3)36-17-37-27)29(44)38-22-12-21(31(32,33)34)13-23(14-22)42-9-8-41(4)25(16-42)30(45)46-5/h6-7,10-15,17,25,39H,8-9,16H2,1-5H3,(H,38,44)(H,35,36,37). The molecule has 1 aliphatic rings. The van der Waals surface area contributed by atoms with Gasteiger partial charge in [-0.2, -0.15) is 23.0 Å². The highest BCUT2D eigenvalue weighted by molar-refractivity contribution is 6.05. The van der Waals surface area contributed by atoms with Gasteiger partial charge in [0.2, 0.25) is 0 Å². The van der Waals surface area contributed by atoms with Crippen molar-refractivity contribution in [2.24, 2.45) is 0 Å². The predicted molar refractivity (Wildman–Crippen MR) is 168 cm³/mol. The molecule has 1 amide bonds. The third-order valence-electron chi connectivity index (χ3n) is 7.71. The lowest BCUT2D eigenvalue weighted by molar-refractivity contribution is -0.146. The lowest BCUT2D eigenvalue weighted by Crippen LogP contribution is -2.55. The second-order valence-corrected chi connectivity index (χ2v) is 10.9. The van der Waals surface area contributed by atoms with Crippen LogP contribution in [0.3, 0.4) is 0 Å². The number of ether oxygens (including phenoxy) is 1. The Morgan fingerprint density at radius 3 is 2.52 bits per heavy atom. The Morgan fingerprint density at radius 2 is 1.80 bits per heavy atom. The number of halogens is 3. The van der Waals surface area contributed by atoms with Crippen molar-refractivity contribution in [3.8, 4) is 5.82 Å². The summed E-state index contributed by atoms with van der Waals surface area (Å²) >= 11 is 0. The van der Waals surface area contributed by atoms with Gasteiger partial charge >= 0.3 is 12.1 Å². The van der Waals surface area contributed by atoms with Crippen LogP contribution in [-0.4, -0.2) is 83.4 Å². The molecule has 2 aromatic heterocycles. The summed E-state index contributed by atoms with van der Waals surface area (Å²) in [6.45, 7) is 4.64. The monoisotopic (exact) mass is 637 g/mol. The second-order valence-electron chi connectivity index (χ2n) is 10.9. The summed E-state index contributed by atoms with van der Waals surface area (Å²) < 4.78 is 48.4. The maximum absolute atomic E-state index is 14.0. The Balaban J connectivity index is 1.41. The van der Waals surface area contributed by atoms with Gasteiger partial charge < -0.3 is 25.6 Å². The molecule has 242 valence electrons. The number of anilines is 5. The van der Waals surface area contributed by atoms with Gasteiger partial charge in [0.05, 0.1) is 18.4 Å². The topological polar surface area (TPSA) is 130 Å². The van der Waals surface area contributed by atoms with E-state index in [9.17, 15) is 22.8 Å². The first-order valence-corrected chi connectivity index (χ1v) is 14.4. The normalized spacial score (nSPS) is 15.4. The Bertz CT molecular complexity index is 1760. The zero-order valence-electron chi connectivity index (χ0n) is 25.9. The molecule has 1 aliphatic heterocycles. The summed E-state index contributed by atoms with van der Waals surface area (Å²) in [5, 5.41) is 13.4. The molecule has 1 fully saturated rings. The van der Waals surface area contributed by atoms with Crippen LogP contribution in [0.25, 0.3) is 5.82 Å². The van der Waals surface area contributed by atoms with Crippen molar-refractivity contribution in [3.05, 3.63) is 77.2 Å². The lowest BCUT2D eigenvalue weighted by Gasteiger charge is -2.39. The predicted octanol–water partition coefficient (Wildman–Crippen LogP) is 4.63. The molecule has 0 spiro atoms. The minimum atomic E-state index is -4.66. The first-order chi connectivity index (χ1) is 21.9. The molecule has 0 saturated carbocycles. The van der Waals surface area contributed by atoms with Crippen LogP contribution in [0.2, 0.25) is 0 Å². The molecule has 4 aromatic rings. The molecular formula is C31H34F3N9O3. The SMILES string of the molecule is CNc1cc(-n2nc(C)cc2Nc2cc(C(=O)Nc3cc(N4CCN(C)C(C(=O)OC)C4)cc(C(F)(F)F)c3)ccc2C)ncn1. The average molecular weight is 638 g/mol. The van der Waals surface area contributed by atoms with Gasteiger partial charge in [-0.15, -0.1) is 0 Å². The zero-order chi connectivity index (χ0) is 33.2. The highest BCUT2D eigenvalue weighted by Crippen LogP contribution is 2.35. The van der Waals surface area contributed by atoms with Gasteiger partial charge in [-0.3, -0.25) is 14.5 Å². The third kappa shape index (κ3) is 7.04. The van der Waals surface area contributed by atoms with Gasteiger partial charge in [0.15, 0.2) is 5.82 Å². The summed E-state index contributed by atoms with van der Waals surface area (Å²) in [6.07, 6.45) is -3.25. The van der Waals surface area contributed by atoms with Crippen molar-refractivity contribution in [2.75, 3.05) is 61.7 Å². The number of aryl methyl sites for hydroxylation is 2. The van der Waals surface area contributed by atoms with Crippen molar-refractivity contribution in [1.82, 2.24) is 24.6 Å². The fraction of sp³-hybridized carbons (Fsp3) is 0.323. The van der Waals surface area contributed by atoms with E-state index in [0.29, 0.717) is 36.2 Å². The maximum Gasteiger partial charge on any atom is 0.416 e. The molecule has 12 nitrogen and oxygen atoms in total. The zero-order valence-corrected chi connectivity index (χ0v) is 25.9. The molecule has 1 saturated heterocycles. The molecule has 15 heteroatoms. The second kappa shape index (κ2) is 13.0. The summed E-state index contributed by atoms with van der Waals surface area (Å²) in [4.78, 5) is 37.6. The minimum Gasteiger partial charge on any atom is -0.468 e. The highest BCUT2D eigenvalue weighted by Gasteiger charge is 2.34. The molecule has 3 heterocycles. The number of benzene rings is 2. The van der Waals surface area contributed by atoms with Gasteiger partial charge in [-0.1, -0.05) is 6.07 Å². The summed E-state index contributed by atoms with van der Waals surface area (Å²) in [5.74, 6) is 0.624. The first-order valence-electron chi connectivity index (χ1n) is 14.4. The quantitative estimate of drug-likeness (QED) is 0.235. The molecule has 1 unspecified atom stereocenters. The van der Waals surface area contributed by atoms with Crippen molar-refractivity contribution in [1.29, 1.82) is 0 Å². The number of likely N-dealkylation sites (N-methyl/N-ethyl adjacent to an activating group) is 1. The van der Waals surface area contributed by atoms with Crippen molar-refractivity contribution < 1.29 is 27.5 Å². The van der Waals surface area contributed by atoms with E-state index in [1.807, 2.05) is 19.9 Å². The van der Waals surface area contributed by atoms with Crippen LogP contribution in [0.4, 0.5) is 41.9 Å². The van der Waals surface area contributed by atoms with E-state index in [1.165, 1.54) is 19.5 Å². The molecule has 0 radical (unpaired) electrons. The Morgan fingerprint density at radius 1 is 1.02 bits per heavy atom. The van der Waals surface area contributed by atoms with Crippen LogP contribution >= 0.6 is 0 Å². The van der Waals surface area contributed by atoms with E-state index in [1.54, 1.807) is 52.8 Å². The third-order valence-corrected chi connectivity index (χ3v) is 7.71. The number of carbonyl (C=O) groups is 2. The number of alkyl halides is 3. The van der Waals surface area contributed by atoms with Crippen LogP contribution in [0.1, 0.15) is 27.2 Å². The van der Waals surface area contributed by atoms with Crippen LogP contribution in [0.5, 0.6) is 0 Å². The molecule has 0 aliphatic carbocycles. The fourth-order valence-corrected chi connectivity index (χ4v) is 5.13. The van der Waals surface area contributed by atoms with Crippen molar-refractivity contribution >= 4 is 40.6 Å². The molecule has 3 N–H and O–H groups in total. The van der Waals surface area contributed by atoms with Gasteiger partial charge in [0, 0.05) is 61.4 Å². The molecule has 0 bridgehead atoms. The summed E-state index contributed by atoms with van der Waals surface area (Å²) in [6, 6.07) is 11.2. The van der Waals surface area contributed by atoms with Crippen LogP contribution < -0.4 is 20.9 Å². The fourth-order valence-electron chi connectivity index (χ4n) is 5.13. The molecule has 1 atom stereocenters. The number of nitrogens with zero attached hydrogens (tertiary/aromatic N) is 6. The largest absolute Gasteiger partial charge is 0.468 e. The summed E-state index contributed by atoms with van der Waals surface area (Å²) in [5.41, 5.74) is 1.63. The number of carbonyl (C=O) groups excluding carboxylic acids is 2. The van der Waals surface area contributed by atoms with Gasteiger partial charge in [-0.05, 0) is 56.8 Å². The Kier molecular flexibility index (Phi) is 9.14. The van der Waals surface area contributed by atoms with Crippen LogP contribution in [0, 0.1) is 13.8 Å². The van der Waals surface area contributed by atoms with E-state index in [4.69, 9.17) is 4.74 Å². The summed E-state index contributed by atoms with van der Waals surface area (Å²) in [7, 11) is 4.77. The first kappa shape index (κ1) is 32.2. The van der Waals surface area contributed by atoms with Gasteiger partial charge in [0.1, 0.15) is 24.0 Å². The minimum absolute atomic E-state index is 0.0312. The number of nitrogens with one attached hydrogen (secondary N) is 3. The lowest BCUT2D eigenvalue weighted by atomic mass is 10.1. The molecule has 5 rings (SSSR count). The number of hydrogen-bond acceptors (Lipinski definition) is 10. The molecule has 2 aromatic carbocycles. The number of esters is 1. The number of piperazine rings is 1. The van der Waals surface area contributed by atoms with E-state index in [-0.39, 0.29) is 23.5 Å². The van der Waals surface area contributed by atoms with Crippen LogP contribution in [-0.2, 0) is 15.7 Å². The number of hydrogen-bond donors (Lipinski definition) is 3. The Hall–Kier alpha value is -5.18. The Labute approximate surface area is 263 Å². The van der Waals surface area contributed by atoms with Crippen molar-refractivity contribution in [2.45, 2.75) is 26.1 Å². The smallest absolute Gasteiger partial charge is 0.416 e. The van der Waals surface area contributed by atoms with E-state index < -0.39 is 29.7 Å². The number of rotatable bonds is 8. The van der Waals surface area contributed by atoms with Gasteiger partial charge in [0.25, 0.3) is 5.91 Å². The molecule has 46 heavy (non-hydrogen) atoms. The van der Waals surface area contributed by atoms with Gasteiger partial charge in [-0.25, -0.2) is 9.97 Å². The van der Waals surface area contributed by atoms with E-state index in [0.717, 1.165) is 23.4 Å². The number of aromatic nitrogens is 4. The number of amides is 1. The average Bonchev–Trinajstić information content (AvgIpc) is 3.40. The number of methoxy groups -OCH3 is 1. The van der Waals surface area contributed by atoms with Crippen molar-refractivity contribution in [3.63, 3.8) is 0 Å². The van der Waals surface area contributed by atoms with E-state index >= 15 is 0 Å². The van der Waals surface area contributed by atoms with E-state index in [2.05, 4.69) is 31.0 Å². The van der Waals surface area contributed by atoms with Crippen LogP contribution in [0.15, 0.2) is 54.9 Å².